The fourth-order valence-corrected chi connectivity index (χ4v) is 4.32. The fourth-order valence-electron chi connectivity index (χ4n) is 4.32. The van der Waals surface area contributed by atoms with Crippen molar-refractivity contribution in [2.24, 2.45) is 0 Å². The minimum Gasteiger partial charge on any atom is -0.368 e. The van der Waals surface area contributed by atoms with Crippen LogP contribution in [0, 0.1) is 0 Å². The lowest BCUT2D eigenvalue weighted by molar-refractivity contribution is -0.136. The summed E-state index contributed by atoms with van der Waals surface area (Å²) >= 11 is 0. The van der Waals surface area contributed by atoms with E-state index in [1.54, 1.807) is 12.1 Å². The lowest BCUT2D eigenvalue weighted by Gasteiger charge is -2.35. The van der Waals surface area contributed by atoms with E-state index in [1.165, 1.54) is 0 Å². The van der Waals surface area contributed by atoms with E-state index in [0.717, 1.165) is 43.1 Å². The molecular formula is C19H20N4O4. The first-order valence-electron chi connectivity index (χ1n) is 9.33. The molecule has 1 atom stereocenters. The van der Waals surface area contributed by atoms with Crippen LogP contribution in [0.3, 0.4) is 0 Å². The first-order chi connectivity index (χ1) is 13.0. The highest BCUT2D eigenvalue weighted by molar-refractivity contribution is 6.23. The molecule has 1 spiro atoms. The Morgan fingerprint density at radius 2 is 1.81 bits per heavy atom. The lowest BCUT2D eigenvalue weighted by atomic mass is 10.0. The van der Waals surface area contributed by atoms with Gasteiger partial charge in [0, 0.05) is 37.3 Å². The number of nitrogens with zero attached hydrogens (tertiary/aromatic N) is 2. The van der Waals surface area contributed by atoms with Gasteiger partial charge in [-0.1, -0.05) is 0 Å². The van der Waals surface area contributed by atoms with Gasteiger partial charge < -0.3 is 10.2 Å². The van der Waals surface area contributed by atoms with Crippen LogP contribution < -0.4 is 15.5 Å². The first kappa shape index (κ1) is 16.4. The monoisotopic (exact) mass is 368 g/mol. The number of piperazine rings is 1. The van der Waals surface area contributed by atoms with Crippen LogP contribution in [-0.2, 0) is 9.59 Å². The summed E-state index contributed by atoms with van der Waals surface area (Å²) in [5.74, 6) is -1.88. The van der Waals surface area contributed by atoms with Crippen LogP contribution in [0.25, 0.3) is 0 Å². The summed E-state index contributed by atoms with van der Waals surface area (Å²) in [7, 11) is 0. The van der Waals surface area contributed by atoms with Crippen molar-refractivity contribution in [1.82, 2.24) is 15.5 Å². The molecule has 1 aromatic carbocycles. The number of carbonyl (C=O) groups excluding carboxylic acids is 4. The van der Waals surface area contributed by atoms with Gasteiger partial charge in [-0.2, -0.15) is 0 Å². The molecule has 8 heteroatoms. The van der Waals surface area contributed by atoms with Crippen molar-refractivity contribution in [2.75, 3.05) is 24.5 Å². The highest BCUT2D eigenvalue weighted by atomic mass is 16.2. The third-order valence-electron chi connectivity index (χ3n) is 6.02. The number of imide groups is 2. The van der Waals surface area contributed by atoms with Crippen molar-refractivity contribution < 1.29 is 19.2 Å². The molecule has 3 heterocycles. The molecule has 2 saturated heterocycles. The van der Waals surface area contributed by atoms with Crippen molar-refractivity contribution in [3.63, 3.8) is 0 Å². The van der Waals surface area contributed by atoms with E-state index < -0.39 is 23.8 Å². The molecule has 0 radical (unpaired) electrons. The fraction of sp³-hybridized carbons (Fsp3) is 0.474. The van der Waals surface area contributed by atoms with Crippen molar-refractivity contribution in [3.05, 3.63) is 29.3 Å². The summed E-state index contributed by atoms with van der Waals surface area (Å²) in [4.78, 5) is 52.4. The van der Waals surface area contributed by atoms with Crippen molar-refractivity contribution in [3.8, 4) is 0 Å². The van der Waals surface area contributed by atoms with Gasteiger partial charge in [0.2, 0.25) is 11.8 Å². The van der Waals surface area contributed by atoms with Crippen molar-refractivity contribution >= 4 is 29.3 Å². The summed E-state index contributed by atoms with van der Waals surface area (Å²) in [6, 6.07) is 4.40. The van der Waals surface area contributed by atoms with Crippen molar-refractivity contribution in [1.29, 1.82) is 0 Å². The Labute approximate surface area is 155 Å². The molecule has 4 amide bonds. The van der Waals surface area contributed by atoms with E-state index in [1.807, 2.05) is 6.07 Å². The van der Waals surface area contributed by atoms with E-state index in [2.05, 4.69) is 15.5 Å². The number of amides is 4. The van der Waals surface area contributed by atoms with Crippen molar-refractivity contribution in [2.45, 2.75) is 37.3 Å². The Morgan fingerprint density at radius 3 is 2.56 bits per heavy atom. The maximum Gasteiger partial charge on any atom is 0.262 e. The maximum atomic E-state index is 12.9. The minimum absolute atomic E-state index is 0.123. The van der Waals surface area contributed by atoms with E-state index in [9.17, 15) is 19.2 Å². The number of hydrogen-bond acceptors (Lipinski definition) is 6. The third kappa shape index (κ3) is 2.55. The summed E-state index contributed by atoms with van der Waals surface area (Å²) in [6.45, 7) is 2.64. The summed E-state index contributed by atoms with van der Waals surface area (Å²) < 4.78 is 0. The summed E-state index contributed by atoms with van der Waals surface area (Å²) in [6.07, 6.45) is 2.62. The number of rotatable bonds is 2. The van der Waals surface area contributed by atoms with E-state index >= 15 is 0 Å². The Kier molecular flexibility index (Phi) is 3.42. The van der Waals surface area contributed by atoms with Gasteiger partial charge >= 0.3 is 0 Å². The van der Waals surface area contributed by atoms with Crippen LogP contribution in [0.2, 0.25) is 0 Å². The molecular weight excluding hydrogens is 348 g/mol. The quantitative estimate of drug-likeness (QED) is 0.715. The number of benzene rings is 1. The predicted octanol–water partition coefficient (Wildman–Crippen LogP) is 0.0300. The number of piperidine rings is 1. The van der Waals surface area contributed by atoms with E-state index in [0.29, 0.717) is 11.1 Å². The Hall–Kier alpha value is -2.74. The second kappa shape index (κ2) is 5.63. The molecule has 3 aliphatic heterocycles. The van der Waals surface area contributed by atoms with Gasteiger partial charge in [0.15, 0.2) is 0 Å². The molecule has 1 aromatic rings. The molecule has 0 aromatic heterocycles. The number of nitrogens with one attached hydrogen (secondary N) is 2. The molecule has 5 rings (SSSR count). The molecule has 8 nitrogen and oxygen atoms in total. The van der Waals surface area contributed by atoms with Gasteiger partial charge in [0.05, 0.1) is 11.1 Å². The molecule has 2 N–H and O–H groups in total. The Balaban J connectivity index is 1.43. The largest absolute Gasteiger partial charge is 0.368 e. The standard InChI is InChI=1S/C19H20N4O4/c24-15-4-3-14(16(25)21-15)23-17(26)12-2-1-11(9-13(12)18(23)27)22-8-7-20-19(10-22)5-6-19/h1-2,9,14,20H,3-8,10H2,(H,21,24,25). The van der Waals surface area contributed by atoms with Gasteiger partial charge in [0.1, 0.15) is 6.04 Å². The molecule has 140 valence electrons. The third-order valence-corrected chi connectivity index (χ3v) is 6.02. The van der Waals surface area contributed by atoms with E-state index in [4.69, 9.17) is 0 Å². The molecule has 0 bridgehead atoms. The average molecular weight is 368 g/mol. The zero-order chi connectivity index (χ0) is 18.8. The predicted molar refractivity (Wildman–Crippen MR) is 95.3 cm³/mol. The number of fused-ring (bicyclic) bond motifs is 1. The Morgan fingerprint density at radius 1 is 1.04 bits per heavy atom. The average Bonchev–Trinajstić information content (AvgIpc) is 3.35. The zero-order valence-corrected chi connectivity index (χ0v) is 14.8. The van der Waals surface area contributed by atoms with Gasteiger partial charge in [-0.05, 0) is 37.5 Å². The second-order valence-corrected chi connectivity index (χ2v) is 7.81. The van der Waals surface area contributed by atoms with Crippen LogP contribution in [-0.4, -0.2) is 59.7 Å². The maximum absolute atomic E-state index is 12.9. The van der Waals surface area contributed by atoms with Crippen LogP contribution in [0.15, 0.2) is 18.2 Å². The summed E-state index contributed by atoms with van der Waals surface area (Å²) in [5.41, 5.74) is 1.79. The van der Waals surface area contributed by atoms with Gasteiger partial charge in [0.25, 0.3) is 11.8 Å². The molecule has 1 unspecified atom stereocenters. The highest BCUT2D eigenvalue weighted by Crippen LogP contribution is 2.39. The molecule has 1 aliphatic carbocycles. The van der Waals surface area contributed by atoms with Crippen LogP contribution in [0.4, 0.5) is 5.69 Å². The minimum atomic E-state index is -0.924. The summed E-state index contributed by atoms with van der Waals surface area (Å²) in [5, 5.41) is 5.77. The van der Waals surface area contributed by atoms with Gasteiger partial charge in [-0.15, -0.1) is 0 Å². The van der Waals surface area contributed by atoms with Crippen LogP contribution in [0.1, 0.15) is 46.4 Å². The SMILES string of the molecule is O=C1CCC(N2C(=O)c3ccc(N4CCNC5(CC5)C4)cc3C2=O)C(=O)N1. The second-order valence-electron chi connectivity index (χ2n) is 7.81. The first-order valence-corrected chi connectivity index (χ1v) is 9.33. The number of hydrogen-bond donors (Lipinski definition) is 2. The number of carbonyl (C=O) groups is 4. The molecule has 1 saturated carbocycles. The van der Waals surface area contributed by atoms with Gasteiger partial charge in [-0.3, -0.25) is 29.4 Å². The van der Waals surface area contributed by atoms with E-state index in [-0.39, 0.29) is 24.3 Å². The molecule has 3 fully saturated rings. The lowest BCUT2D eigenvalue weighted by Crippen LogP contribution is -2.54. The number of anilines is 1. The molecule has 4 aliphatic rings. The normalized spacial score (nSPS) is 26.4. The smallest absolute Gasteiger partial charge is 0.262 e. The van der Waals surface area contributed by atoms with Gasteiger partial charge in [-0.25, -0.2) is 0 Å². The molecule has 27 heavy (non-hydrogen) atoms. The van der Waals surface area contributed by atoms with Crippen LogP contribution in [0.5, 0.6) is 0 Å². The van der Waals surface area contributed by atoms with Crippen LogP contribution >= 0.6 is 0 Å². The Bertz CT molecular complexity index is 892. The highest BCUT2D eigenvalue weighted by Gasteiger charge is 2.47. The zero-order valence-electron chi connectivity index (χ0n) is 14.8. The topological polar surface area (TPSA) is 98.8 Å².